The average molecular weight is 484 g/mol. The number of ether oxygens (including phenoxy) is 1. The SMILES string of the molecule is Cc1ccc(OCCCC(=O)O)c(NC(=O)CCCCCCCCCCS(=O)(=O)C(C)C)c1. The van der Waals surface area contributed by atoms with Gasteiger partial charge in [-0.1, -0.05) is 44.6 Å². The molecule has 33 heavy (non-hydrogen) atoms. The van der Waals surface area contributed by atoms with E-state index in [-0.39, 0.29) is 29.9 Å². The van der Waals surface area contributed by atoms with Gasteiger partial charge in [-0.05, 0) is 57.7 Å². The van der Waals surface area contributed by atoms with Crippen LogP contribution in [-0.4, -0.2) is 43.0 Å². The largest absolute Gasteiger partial charge is 0.491 e. The second-order valence-electron chi connectivity index (χ2n) is 8.89. The van der Waals surface area contributed by atoms with Gasteiger partial charge < -0.3 is 15.2 Å². The zero-order valence-corrected chi connectivity index (χ0v) is 21.2. The normalized spacial score (nSPS) is 11.5. The molecule has 0 fully saturated rings. The van der Waals surface area contributed by atoms with Crippen molar-refractivity contribution in [2.45, 2.75) is 96.7 Å². The van der Waals surface area contributed by atoms with Crippen LogP contribution in [0.5, 0.6) is 5.75 Å². The lowest BCUT2D eigenvalue weighted by atomic mass is 10.1. The van der Waals surface area contributed by atoms with Crippen LogP contribution in [0.25, 0.3) is 0 Å². The van der Waals surface area contributed by atoms with Gasteiger partial charge in [-0.3, -0.25) is 9.59 Å². The van der Waals surface area contributed by atoms with E-state index in [0.717, 1.165) is 56.9 Å². The van der Waals surface area contributed by atoms with E-state index in [4.69, 9.17) is 9.84 Å². The Morgan fingerprint density at radius 3 is 2.15 bits per heavy atom. The Bertz CT molecular complexity index is 835. The number of sulfone groups is 1. The number of hydrogen-bond donors (Lipinski definition) is 2. The summed E-state index contributed by atoms with van der Waals surface area (Å²) in [6.07, 6.45) is 8.72. The molecule has 0 saturated heterocycles. The maximum Gasteiger partial charge on any atom is 0.303 e. The Morgan fingerprint density at radius 2 is 1.55 bits per heavy atom. The summed E-state index contributed by atoms with van der Waals surface area (Å²) in [4.78, 5) is 23.0. The highest BCUT2D eigenvalue weighted by Gasteiger charge is 2.14. The predicted molar refractivity (Wildman–Crippen MR) is 133 cm³/mol. The van der Waals surface area contributed by atoms with Crippen LogP contribution < -0.4 is 10.1 Å². The third kappa shape index (κ3) is 13.3. The number of anilines is 1. The minimum Gasteiger partial charge on any atom is -0.491 e. The van der Waals surface area contributed by atoms with E-state index in [1.807, 2.05) is 19.1 Å². The Labute approximate surface area is 199 Å². The van der Waals surface area contributed by atoms with Crippen molar-refractivity contribution in [2.24, 2.45) is 0 Å². The summed E-state index contributed by atoms with van der Waals surface area (Å²) in [5.74, 6) is -0.0634. The molecular formula is C25H41NO6S. The number of hydrogen-bond acceptors (Lipinski definition) is 5. The first kappa shape index (κ1) is 28.9. The zero-order chi connectivity index (χ0) is 24.7. The second kappa shape index (κ2) is 15.7. The molecule has 0 aliphatic rings. The van der Waals surface area contributed by atoms with E-state index in [9.17, 15) is 18.0 Å². The third-order valence-electron chi connectivity index (χ3n) is 5.50. The zero-order valence-electron chi connectivity index (χ0n) is 20.4. The van der Waals surface area contributed by atoms with Crippen LogP contribution in [0.3, 0.4) is 0 Å². The number of rotatable bonds is 18. The lowest BCUT2D eigenvalue weighted by Crippen LogP contribution is -2.17. The fourth-order valence-electron chi connectivity index (χ4n) is 3.37. The number of nitrogens with one attached hydrogen (secondary N) is 1. The van der Waals surface area contributed by atoms with Gasteiger partial charge in [0.15, 0.2) is 9.84 Å². The molecule has 0 radical (unpaired) electrons. The molecule has 0 heterocycles. The Balaban J connectivity index is 2.19. The summed E-state index contributed by atoms with van der Waals surface area (Å²) < 4.78 is 29.2. The van der Waals surface area contributed by atoms with Crippen molar-refractivity contribution >= 4 is 27.4 Å². The summed E-state index contributed by atoms with van der Waals surface area (Å²) in [7, 11) is -2.92. The van der Waals surface area contributed by atoms with Crippen LogP contribution >= 0.6 is 0 Å². The van der Waals surface area contributed by atoms with E-state index >= 15 is 0 Å². The molecule has 1 amide bonds. The molecule has 1 aromatic rings. The molecule has 1 rings (SSSR count). The van der Waals surface area contributed by atoms with Gasteiger partial charge in [-0.2, -0.15) is 0 Å². The van der Waals surface area contributed by atoms with E-state index in [2.05, 4.69) is 5.32 Å². The van der Waals surface area contributed by atoms with Crippen molar-refractivity contribution in [1.29, 1.82) is 0 Å². The van der Waals surface area contributed by atoms with E-state index < -0.39 is 15.8 Å². The number of aliphatic carboxylic acids is 1. The molecule has 0 aliphatic carbocycles. The summed E-state index contributed by atoms with van der Waals surface area (Å²) in [5, 5.41) is 11.3. The fourth-order valence-corrected chi connectivity index (χ4v) is 4.45. The molecule has 8 heteroatoms. The van der Waals surface area contributed by atoms with Gasteiger partial charge in [-0.15, -0.1) is 0 Å². The standard InChI is InChI=1S/C25H41NO6S/c1-20(2)33(30,31)18-11-9-7-5-4-6-8-10-13-24(27)26-22-19-21(3)15-16-23(22)32-17-12-14-25(28)29/h15-16,19-20H,4-14,17-18H2,1-3H3,(H,26,27)(H,28,29). The molecule has 188 valence electrons. The number of carbonyl (C=O) groups is 2. The van der Waals surface area contributed by atoms with Crippen molar-refractivity contribution in [2.75, 3.05) is 17.7 Å². The molecule has 0 spiro atoms. The maximum atomic E-state index is 12.3. The minimum atomic E-state index is -2.92. The molecule has 0 unspecified atom stereocenters. The highest BCUT2D eigenvalue weighted by Crippen LogP contribution is 2.26. The van der Waals surface area contributed by atoms with E-state index in [1.165, 1.54) is 0 Å². The van der Waals surface area contributed by atoms with Crippen LogP contribution in [0.1, 0.15) is 90.0 Å². The van der Waals surface area contributed by atoms with Gasteiger partial charge in [0.05, 0.1) is 23.3 Å². The van der Waals surface area contributed by atoms with E-state index in [1.54, 1.807) is 19.9 Å². The maximum absolute atomic E-state index is 12.3. The number of aryl methyl sites for hydroxylation is 1. The third-order valence-corrected chi connectivity index (χ3v) is 7.80. The van der Waals surface area contributed by atoms with Gasteiger partial charge in [0.25, 0.3) is 0 Å². The van der Waals surface area contributed by atoms with Crippen LogP contribution in [0.15, 0.2) is 18.2 Å². The Hall–Kier alpha value is -2.09. The fraction of sp³-hybridized carbons (Fsp3) is 0.680. The van der Waals surface area contributed by atoms with Crippen LogP contribution in [-0.2, 0) is 19.4 Å². The second-order valence-corrected chi connectivity index (χ2v) is 11.6. The first-order chi connectivity index (χ1) is 15.6. The highest BCUT2D eigenvalue weighted by molar-refractivity contribution is 7.91. The lowest BCUT2D eigenvalue weighted by molar-refractivity contribution is -0.137. The van der Waals surface area contributed by atoms with Gasteiger partial charge in [0, 0.05) is 12.8 Å². The Kier molecular flexibility index (Phi) is 13.8. The average Bonchev–Trinajstić information content (AvgIpc) is 2.73. The van der Waals surface area contributed by atoms with Crippen LogP contribution in [0, 0.1) is 6.92 Å². The van der Waals surface area contributed by atoms with Crippen molar-refractivity contribution in [3.63, 3.8) is 0 Å². The van der Waals surface area contributed by atoms with Crippen molar-refractivity contribution in [1.82, 2.24) is 0 Å². The van der Waals surface area contributed by atoms with Crippen LogP contribution in [0.2, 0.25) is 0 Å². The quantitative estimate of drug-likeness (QED) is 0.266. The molecule has 0 aliphatic heterocycles. The van der Waals surface area contributed by atoms with Gasteiger partial charge in [0.1, 0.15) is 5.75 Å². The van der Waals surface area contributed by atoms with Gasteiger partial charge in [-0.25, -0.2) is 8.42 Å². The molecule has 1 aromatic carbocycles. The monoisotopic (exact) mass is 483 g/mol. The van der Waals surface area contributed by atoms with E-state index in [0.29, 0.717) is 24.3 Å². The van der Waals surface area contributed by atoms with Crippen molar-refractivity contribution < 1.29 is 27.9 Å². The number of unbranched alkanes of at least 4 members (excludes halogenated alkanes) is 7. The minimum absolute atomic E-state index is 0.0492. The first-order valence-electron chi connectivity index (χ1n) is 12.1. The molecule has 0 bridgehead atoms. The molecule has 2 N–H and O–H groups in total. The summed E-state index contributed by atoms with van der Waals surface area (Å²) in [6, 6.07) is 5.55. The summed E-state index contributed by atoms with van der Waals surface area (Å²) >= 11 is 0. The number of carboxylic acid groups (broad SMARTS) is 1. The first-order valence-corrected chi connectivity index (χ1v) is 13.8. The Morgan fingerprint density at radius 1 is 0.939 bits per heavy atom. The number of benzene rings is 1. The van der Waals surface area contributed by atoms with Crippen molar-refractivity contribution in [3.05, 3.63) is 23.8 Å². The topological polar surface area (TPSA) is 110 Å². The summed E-state index contributed by atoms with van der Waals surface area (Å²) in [5.41, 5.74) is 1.62. The highest BCUT2D eigenvalue weighted by atomic mass is 32.2. The molecule has 0 aromatic heterocycles. The number of carbonyl (C=O) groups excluding carboxylic acids is 1. The number of amides is 1. The van der Waals surface area contributed by atoms with Gasteiger partial charge >= 0.3 is 5.97 Å². The summed E-state index contributed by atoms with van der Waals surface area (Å²) in [6.45, 7) is 5.68. The lowest BCUT2D eigenvalue weighted by Gasteiger charge is -2.13. The van der Waals surface area contributed by atoms with Crippen LogP contribution in [0.4, 0.5) is 5.69 Å². The molecule has 0 saturated carbocycles. The predicted octanol–water partition coefficient (Wildman–Crippen LogP) is 5.51. The van der Waals surface area contributed by atoms with Crippen molar-refractivity contribution in [3.8, 4) is 5.75 Å². The van der Waals surface area contributed by atoms with Gasteiger partial charge in [0.2, 0.25) is 5.91 Å². The molecule has 7 nitrogen and oxygen atoms in total. The molecular weight excluding hydrogens is 442 g/mol. The number of carboxylic acids is 1. The molecule has 0 atom stereocenters. The smallest absolute Gasteiger partial charge is 0.303 e.